The SMILES string of the molecule is CCN(CC)CCN1C(=O)C(=O)C(=C(O)c2ccc3c(c2)CC(C)O3)C1c1ccc([N+](=O)[O-])cc1. The third-order valence-corrected chi connectivity index (χ3v) is 6.68. The maximum atomic E-state index is 13.2. The molecular formula is C26H29N3O6. The molecule has 1 saturated heterocycles. The number of rotatable bonds is 8. The first-order chi connectivity index (χ1) is 16.7. The molecule has 1 N–H and O–H groups in total. The molecule has 0 saturated carbocycles. The number of likely N-dealkylation sites (N-methyl/N-ethyl adjacent to an activating group) is 1. The van der Waals surface area contributed by atoms with Gasteiger partial charge in [-0.1, -0.05) is 13.8 Å². The van der Waals surface area contributed by atoms with E-state index in [4.69, 9.17) is 4.74 Å². The van der Waals surface area contributed by atoms with Crippen molar-refractivity contribution in [3.63, 3.8) is 0 Å². The number of aliphatic hydroxyl groups is 1. The smallest absolute Gasteiger partial charge is 0.295 e. The van der Waals surface area contributed by atoms with E-state index in [1.54, 1.807) is 18.2 Å². The molecule has 0 bridgehead atoms. The standard InChI is InChI=1S/C26H29N3O6/c1-4-27(5-2)12-13-28-23(17-6-9-20(10-7-17)29(33)34)22(25(31)26(28)32)24(30)18-8-11-21-19(15-18)14-16(3)35-21/h6-11,15-16,23,30H,4-5,12-14H2,1-3H3. The first kappa shape index (κ1) is 24.4. The quantitative estimate of drug-likeness (QED) is 0.202. The number of fused-ring (bicyclic) bond motifs is 1. The summed E-state index contributed by atoms with van der Waals surface area (Å²) in [7, 11) is 0. The van der Waals surface area contributed by atoms with Crippen LogP contribution in [-0.4, -0.2) is 63.8 Å². The largest absolute Gasteiger partial charge is 0.507 e. The van der Waals surface area contributed by atoms with Crippen molar-refractivity contribution in [3.8, 4) is 5.75 Å². The number of hydrogen-bond donors (Lipinski definition) is 1. The van der Waals surface area contributed by atoms with Gasteiger partial charge in [0.25, 0.3) is 17.4 Å². The van der Waals surface area contributed by atoms with E-state index in [1.165, 1.54) is 29.2 Å². The van der Waals surface area contributed by atoms with E-state index in [0.717, 1.165) is 24.4 Å². The van der Waals surface area contributed by atoms with Gasteiger partial charge in [-0.3, -0.25) is 19.7 Å². The summed E-state index contributed by atoms with van der Waals surface area (Å²) in [4.78, 5) is 40.5. The van der Waals surface area contributed by atoms with E-state index in [2.05, 4.69) is 4.90 Å². The summed E-state index contributed by atoms with van der Waals surface area (Å²) in [6.07, 6.45) is 0.702. The molecule has 35 heavy (non-hydrogen) atoms. The summed E-state index contributed by atoms with van der Waals surface area (Å²) < 4.78 is 5.73. The van der Waals surface area contributed by atoms with Gasteiger partial charge >= 0.3 is 0 Å². The minimum absolute atomic E-state index is 0.0182. The molecule has 0 radical (unpaired) electrons. The first-order valence-electron chi connectivity index (χ1n) is 11.8. The lowest BCUT2D eigenvalue weighted by Gasteiger charge is -2.28. The Morgan fingerprint density at radius 2 is 1.86 bits per heavy atom. The molecule has 2 aliphatic heterocycles. The number of aliphatic hydroxyl groups excluding tert-OH is 1. The maximum absolute atomic E-state index is 13.2. The van der Waals surface area contributed by atoms with Gasteiger partial charge in [0.15, 0.2) is 0 Å². The van der Waals surface area contributed by atoms with Crippen molar-refractivity contribution in [2.45, 2.75) is 39.3 Å². The van der Waals surface area contributed by atoms with E-state index >= 15 is 0 Å². The molecule has 2 atom stereocenters. The number of benzene rings is 2. The lowest BCUT2D eigenvalue weighted by atomic mass is 9.94. The van der Waals surface area contributed by atoms with Crippen LogP contribution < -0.4 is 4.74 Å². The summed E-state index contributed by atoms with van der Waals surface area (Å²) in [5.74, 6) is -0.990. The molecule has 0 spiro atoms. The number of amides is 1. The molecule has 9 nitrogen and oxygen atoms in total. The Labute approximate surface area is 203 Å². The van der Waals surface area contributed by atoms with Crippen molar-refractivity contribution in [1.29, 1.82) is 0 Å². The topological polar surface area (TPSA) is 113 Å². The van der Waals surface area contributed by atoms with Gasteiger partial charge in [0, 0.05) is 37.2 Å². The minimum atomic E-state index is -0.852. The van der Waals surface area contributed by atoms with Crippen LogP contribution in [0.1, 0.15) is 43.5 Å². The van der Waals surface area contributed by atoms with Crippen LogP contribution >= 0.6 is 0 Å². The summed E-state index contributed by atoms with van der Waals surface area (Å²) in [5.41, 5.74) is 1.75. The summed E-state index contributed by atoms with van der Waals surface area (Å²) in [6, 6.07) is 10.1. The Bertz CT molecular complexity index is 1190. The second kappa shape index (κ2) is 9.87. The number of nitro groups is 1. The fourth-order valence-electron chi connectivity index (χ4n) is 4.75. The molecule has 1 fully saturated rings. The van der Waals surface area contributed by atoms with Crippen LogP contribution in [0.5, 0.6) is 5.75 Å². The zero-order valence-electron chi connectivity index (χ0n) is 20.1. The number of ketones is 1. The van der Waals surface area contributed by atoms with Crippen LogP contribution in [0, 0.1) is 10.1 Å². The lowest BCUT2D eigenvalue weighted by molar-refractivity contribution is -0.384. The number of ether oxygens (including phenoxy) is 1. The van der Waals surface area contributed by atoms with E-state index in [0.29, 0.717) is 24.1 Å². The van der Waals surface area contributed by atoms with Crippen molar-refractivity contribution in [2.24, 2.45) is 0 Å². The summed E-state index contributed by atoms with van der Waals surface area (Å²) in [5, 5.41) is 22.4. The van der Waals surface area contributed by atoms with E-state index in [-0.39, 0.29) is 29.7 Å². The number of Topliss-reactive ketones (excluding diaryl/α,β-unsaturated/α-hetero) is 1. The third-order valence-electron chi connectivity index (χ3n) is 6.68. The Morgan fingerprint density at radius 1 is 1.17 bits per heavy atom. The van der Waals surface area contributed by atoms with E-state index < -0.39 is 22.7 Å². The highest BCUT2D eigenvalue weighted by atomic mass is 16.6. The molecule has 2 aromatic carbocycles. The second-order valence-corrected chi connectivity index (χ2v) is 8.82. The zero-order valence-corrected chi connectivity index (χ0v) is 20.1. The van der Waals surface area contributed by atoms with Gasteiger partial charge in [0.05, 0.1) is 16.5 Å². The van der Waals surface area contributed by atoms with Crippen LogP contribution in [0.15, 0.2) is 48.0 Å². The number of likely N-dealkylation sites (tertiary alicyclic amines) is 1. The molecular weight excluding hydrogens is 450 g/mol. The summed E-state index contributed by atoms with van der Waals surface area (Å²) in [6.45, 7) is 8.40. The van der Waals surface area contributed by atoms with Gasteiger partial charge in [-0.05, 0) is 61.5 Å². The van der Waals surface area contributed by atoms with Crippen LogP contribution in [0.3, 0.4) is 0 Å². The van der Waals surface area contributed by atoms with Crippen LogP contribution in [0.4, 0.5) is 5.69 Å². The second-order valence-electron chi connectivity index (χ2n) is 8.82. The van der Waals surface area contributed by atoms with E-state index in [1.807, 2.05) is 20.8 Å². The van der Waals surface area contributed by atoms with Gasteiger partial charge in [0.1, 0.15) is 17.6 Å². The molecule has 4 rings (SSSR count). The van der Waals surface area contributed by atoms with Gasteiger partial charge in [-0.15, -0.1) is 0 Å². The predicted molar refractivity (Wildman–Crippen MR) is 130 cm³/mol. The Balaban J connectivity index is 1.79. The number of nitrogens with zero attached hydrogens (tertiary/aromatic N) is 3. The van der Waals surface area contributed by atoms with Gasteiger partial charge in [-0.25, -0.2) is 0 Å². The number of carbonyl (C=O) groups is 2. The van der Waals surface area contributed by atoms with Gasteiger partial charge in [-0.2, -0.15) is 0 Å². The molecule has 9 heteroatoms. The molecule has 2 aliphatic rings. The monoisotopic (exact) mass is 479 g/mol. The molecule has 2 unspecified atom stereocenters. The van der Waals surface area contributed by atoms with Gasteiger partial charge < -0.3 is 19.6 Å². The van der Waals surface area contributed by atoms with E-state index in [9.17, 15) is 24.8 Å². The van der Waals surface area contributed by atoms with Crippen LogP contribution in [0.25, 0.3) is 5.76 Å². The maximum Gasteiger partial charge on any atom is 0.295 e. The van der Waals surface area contributed by atoms with Crippen molar-refractivity contribution < 1.29 is 24.4 Å². The van der Waals surface area contributed by atoms with Crippen LogP contribution in [0.2, 0.25) is 0 Å². The normalized spacial score (nSPS) is 20.9. The fourth-order valence-corrected chi connectivity index (χ4v) is 4.75. The van der Waals surface area contributed by atoms with Gasteiger partial charge in [0.2, 0.25) is 0 Å². The molecule has 0 aliphatic carbocycles. The fraction of sp³-hybridized carbons (Fsp3) is 0.385. The van der Waals surface area contributed by atoms with Crippen molar-refractivity contribution in [3.05, 3.63) is 74.8 Å². The van der Waals surface area contributed by atoms with Crippen molar-refractivity contribution in [2.75, 3.05) is 26.2 Å². The third kappa shape index (κ3) is 4.64. The molecule has 2 heterocycles. The molecule has 184 valence electrons. The predicted octanol–water partition coefficient (Wildman–Crippen LogP) is 3.68. The van der Waals surface area contributed by atoms with Crippen molar-refractivity contribution >= 4 is 23.1 Å². The summed E-state index contributed by atoms with van der Waals surface area (Å²) >= 11 is 0. The molecule has 1 amide bonds. The highest BCUT2D eigenvalue weighted by Crippen LogP contribution is 2.40. The Morgan fingerprint density at radius 3 is 2.49 bits per heavy atom. The Kier molecular flexibility index (Phi) is 6.88. The highest BCUT2D eigenvalue weighted by molar-refractivity contribution is 6.46. The number of non-ortho nitro benzene ring substituents is 1. The molecule has 0 aromatic heterocycles. The zero-order chi connectivity index (χ0) is 25.3. The van der Waals surface area contributed by atoms with Crippen LogP contribution in [-0.2, 0) is 16.0 Å². The average molecular weight is 480 g/mol. The highest BCUT2D eigenvalue weighted by Gasteiger charge is 2.46. The van der Waals surface area contributed by atoms with Crippen molar-refractivity contribution in [1.82, 2.24) is 9.80 Å². The number of carbonyl (C=O) groups excluding carboxylic acids is 2. The Hall–Kier alpha value is -3.72. The lowest BCUT2D eigenvalue weighted by Crippen LogP contribution is -2.38. The minimum Gasteiger partial charge on any atom is -0.507 e. The first-order valence-corrected chi connectivity index (χ1v) is 11.8. The number of nitro benzene ring substituents is 1. The number of hydrogen-bond acceptors (Lipinski definition) is 7. The average Bonchev–Trinajstić information content (AvgIpc) is 3.35. The molecule has 2 aromatic rings.